The third kappa shape index (κ3) is 1.60. The first-order valence-corrected chi connectivity index (χ1v) is 7.32. The number of carbonyl (C=O) groups excluding carboxylic acids is 1. The number of benzene rings is 1. The quantitative estimate of drug-likeness (QED) is 0.646. The van der Waals surface area contributed by atoms with E-state index in [-0.39, 0.29) is 5.78 Å². The molecule has 0 aromatic heterocycles. The molecule has 0 saturated heterocycles. The average Bonchev–Trinajstić information content (AvgIpc) is 2.79. The molecule has 3 N–H and O–H groups in total. The Morgan fingerprint density at radius 2 is 1.95 bits per heavy atom. The Bertz CT molecular complexity index is 538. The van der Waals surface area contributed by atoms with E-state index in [0.717, 1.165) is 29.4 Å². The van der Waals surface area contributed by atoms with Crippen LogP contribution in [0.3, 0.4) is 0 Å². The van der Waals surface area contributed by atoms with Gasteiger partial charge in [0, 0.05) is 23.0 Å². The number of nitrogens with two attached hydrogens (primary N) is 1. The minimum atomic E-state index is 0.0391. The number of ketones is 1. The van der Waals surface area contributed by atoms with Gasteiger partial charge < -0.3 is 11.1 Å². The van der Waals surface area contributed by atoms with Crippen molar-refractivity contribution in [1.82, 2.24) is 0 Å². The van der Waals surface area contributed by atoms with Crippen LogP contribution in [0.1, 0.15) is 36.5 Å². The maximum atomic E-state index is 11.5. The van der Waals surface area contributed by atoms with Crippen molar-refractivity contribution in [2.45, 2.75) is 32.2 Å². The molecule has 0 amide bonds. The van der Waals surface area contributed by atoms with Crippen molar-refractivity contribution in [3.8, 4) is 0 Å². The van der Waals surface area contributed by atoms with Crippen molar-refractivity contribution in [3.63, 3.8) is 0 Å². The number of nitrogens with one attached hydrogen (secondary N) is 1. The molecule has 3 aliphatic carbocycles. The van der Waals surface area contributed by atoms with Gasteiger partial charge in [0.25, 0.3) is 0 Å². The van der Waals surface area contributed by atoms with Crippen molar-refractivity contribution in [2.24, 2.45) is 23.7 Å². The van der Waals surface area contributed by atoms with Gasteiger partial charge in [-0.15, -0.1) is 0 Å². The lowest BCUT2D eigenvalue weighted by molar-refractivity contribution is 0.101. The highest BCUT2D eigenvalue weighted by molar-refractivity contribution is 6.00. The number of hydrogen-bond donors (Lipinski definition) is 2. The summed E-state index contributed by atoms with van der Waals surface area (Å²) in [4.78, 5) is 11.5. The van der Waals surface area contributed by atoms with Crippen molar-refractivity contribution in [3.05, 3.63) is 23.8 Å². The Morgan fingerprint density at radius 1 is 1.26 bits per heavy atom. The van der Waals surface area contributed by atoms with Crippen LogP contribution in [0.2, 0.25) is 0 Å². The highest BCUT2D eigenvalue weighted by Crippen LogP contribution is 2.66. The monoisotopic (exact) mass is 256 g/mol. The van der Waals surface area contributed by atoms with E-state index in [1.165, 1.54) is 19.3 Å². The van der Waals surface area contributed by atoms with Gasteiger partial charge >= 0.3 is 0 Å². The van der Waals surface area contributed by atoms with E-state index in [4.69, 9.17) is 5.73 Å². The number of Topliss-reactive ketones (excluding diaryl/α,β-unsaturated/α-hetero) is 1. The summed E-state index contributed by atoms with van der Waals surface area (Å²) in [7, 11) is 0. The first-order chi connectivity index (χ1) is 9.15. The number of nitrogen functional groups attached to an aromatic ring is 1. The van der Waals surface area contributed by atoms with Gasteiger partial charge in [0.1, 0.15) is 0 Å². The number of carbonyl (C=O) groups is 1. The molecular formula is C16H20N2O. The van der Waals surface area contributed by atoms with E-state index < -0.39 is 0 Å². The van der Waals surface area contributed by atoms with Crippen LogP contribution in [-0.2, 0) is 0 Å². The van der Waals surface area contributed by atoms with Gasteiger partial charge in [-0.25, -0.2) is 0 Å². The molecule has 0 radical (unpaired) electrons. The molecule has 1 aromatic rings. The molecule has 2 bridgehead atoms. The molecule has 4 unspecified atom stereocenters. The van der Waals surface area contributed by atoms with Gasteiger partial charge in [-0.1, -0.05) is 0 Å². The largest absolute Gasteiger partial charge is 0.398 e. The van der Waals surface area contributed by atoms with Crippen LogP contribution >= 0.6 is 0 Å². The second-order valence-corrected chi connectivity index (χ2v) is 6.52. The molecule has 3 heteroatoms. The van der Waals surface area contributed by atoms with E-state index in [2.05, 4.69) is 5.32 Å². The second-order valence-electron chi connectivity index (χ2n) is 6.52. The third-order valence-electron chi connectivity index (χ3n) is 5.50. The SMILES string of the molecule is CC(=O)c1cc(NC2C3C4CCC(C4)C23)ccc1N. The van der Waals surface area contributed by atoms with Crippen molar-refractivity contribution in [2.75, 3.05) is 11.1 Å². The molecule has 19 heavy (non-hydrogen) atoms. The molecule has 4 rings (SSSR count). The molecule has 3 aliphatic rings. The predicted molar refractivity (Wildman–Crippen MR) is 76.1 cm³/mol. The lowest BCUT2D eigenvalue weighted by atomic mass is 10.0. The molecule has 1 aromatic carbocycles. The topological polar surface area (TPSA) is 55.1 Å². The van der Waals surface area contributed by atoms with Crippen LogP contribution in [0, 0.1) is 23.7 Å². The fourth-order valence-electron chi connectivity index (χ4n) is 4.66. The average molecular weight is 256 g/mol. The highest BCUT2D eigenvalue weighted by atomic mass is 16.1. The van der Waals surface area contributed by atoms with Crippen molar-refractivity contribution < 1.29 is 4.79 Å². The lowest BCUT2D eigenvalue weighted by Gasteiger charge is -2.13. The molecule has 0 aliphatic heterocycles. The molecule has 3 fully saturated rings. The van der Waals surface area contributed by atoms with Gasteiger partial charge in [-0.2, -0.15) is 0 Å². The number of fused-ring (bicyclic) bond motifs is 5. The Balaban J connectivity index is 1.53. The summed E-state index contributed by atoms with van der Waals surface area (Å²) in [5.41, 5.74) is 8.10. The van der Waals surface area contributed by atoms with E-state index in [1.54, 1.807) is 6.92 Å². The summed E-state index contributed by atoms with van der Waals surface area (Å²) < 4.78 is 0. The number of hydrogen-bond acceptors (Lipinski definition) is 3. The van der Waals surface area contributed by atoms with E-state index >= 15 is 0 Å². The third-order valence-corrected chi connectivity index (χ3v) is 5.50. The van der Waals surface area contributed by atoms with Gasteiger partial charge in [0.05, 0.1) is 0 Å². The minimum Gasteiger partial charge on any atom is -0.398 e. The standard InChI is InChI=1S/C16H20N2O/c1-8(19)12-7-11(4-5-13(12)17)18-16-14-9-2-3-10(6-9)15(14)16/h4-5,7,9-10,14-16,18H,2-3,6,17H2,1H3. The Hall–Kier alpha value is -1.51. The zero-order valence-electron chi connectivity index (χ0n) is 11.2. The highest BCUT2D eigenvalue weighted by Gasteiger charge is 2.64. The van der Waals surface area contributed by atoms with Gasteiger partial charge in [-0.3, -0.25) is 4.79 Å². The van der Waals surface area contributed by atoms with Crippen LogP contribution in [0.4, 0.5) is 11.4 Å². The summed E-state index contributed by atoms with van der Waals surface area (Å²) in [6.07, 6.45) is 4.34. The Kier molecular flexibility index (Phi) is 2.23. The van der Waals surface area contributed by atoms with E-state index in [1.807, 2.05) is 18.2 Å². The molecular weight excluding hydrogens is 236 g/mol. The molecule has 3 saturated carbocycles. The Morgan fingerprint density at radius 3 is 2.58 bits per heavy atom. The summed E-state index contributed by atoms with van der Waals surface area (Å²) >= 11 is 0. The van der Waals surface area contributed by atoms with E-state index in [9.17, 15) is 4.79 Å². The fourth-order valence-corrected chi connectivity index (χ4v) is 4.66. The molecule has 0 heterocycles. The summed E-state index contributed by atoms with van der Waals surface area (Å²) in [6, 6.07) is 6.40. The van der Waals surface area contributed by atoms with Crippen molar-refractivity contribution in [1.29, 1.82) is 0 Å². The van der Waals surface area contributed by atoms with Crippen LogP contribution in [0.25, 0.3) is 0 Å². The first kappa shape index (κ1) is 11.3. The minimum absolute atomic E-state index is 0.0391. The van der Waals surface area contributed by atoms with Crippen LogP contribution in [0.15, 0.2) is 18.2 Å². The zero-order chi connectivity index (χ0) is 13.1. The predicted octanol–water partition coefficient (Wildman–Crippen LogP) is 2.93. The molecule has 3 nitrogen and oxygen atoms in total. The maximum Gasteiger partial charge on any atom is 0.161 e. The molecule has 100 valence electrons. The summed E-state index contributed by atoms with van der Waals surface area (Å²) in [6.45, 7) is 1.57. The molecule has 4 atom stereocenters. The smallest absolute Gasteiger partial charge is 0.161 e. The molecule has 0 spiro atoms. The van der Waals surface area contributed by atoms with Gasteiger partial charge in [0.15, 0.2) is 5.78 Å². The normalized spacial score (nSPS) is 38.1. The van der Waals surface area contributed by atoms with E-state index in [0.29, 0.717) is 17.3 Å². The van der Waals surface area contributed by atoms with Crippen LogP contribution in [-0.4, -0.2) is 11.8 Å². The summed E-state index contributed by atoms with van der Waals surface area (Å²) in [5.74, 6) is 3.77. The van der Waals surface area contributed by atoms with Crippen LogP contribution < -0.4 is 11.1 Å². The number of rotatable bonds is 3. The second kappa shape index (κ2) is 3.75. The van der Waals surface area contributed by atoms with Crippen molar-refractivity contribution >= 4 is 17.2 Å². The lowest BCUT2D eigenvalue weighted by Crippen LogP contribution is -2.13. The van der Waals surface area contributed by atoms with Gasteiger partial charge in [-0.05, 0) is 68.1 Å². The zero-order valence-corrected chi connectivity index (χ0v) is 11.2. The fraction of sp³-hybridized carbons (Fsp3) is 0.562. The summed E-state index contributed by atoms with van der Waals surface area (Å²) in [5, 5.41) is 3.63. The first-order valence-electron chi connectivity index (χ1n) is 7.32. The van der Waals surface area contributed by atoms with Crippen LogP contribution in [0.5, 0.6) is 0 Å². The van der Waals surface area contributed by atoms with Gasteiger partial charge in [0.2, 0.25) is 0 Å². The maximum absolute atomic E-state index is 11.5. The Labute approximate surface area is 113 Å². The number of anilines is 2.